The second-order valence-corrected chi connectivity index (χ2v) is 3.78. The minimum Gasteiger partial charge on any atom is -0.398 e. The Kier molecular flexibility index (Phi) is 3.73. The van der Waals surface area contributed by atoms with Gasteiger partial charge in [-0.3, -0.25) is 4.79 Å². The van der Waals surface area contributed by atoms with E-state index in [2.05, 4.69) is 0 Å². The first kappa shape index (κ1) is 12.3. The molecule has 1 aromatic carbocycles. The minimum atomic E-state index is -0.551. The summed E-state index contributed by atoms with van der Waals surface area (Å²) in [6.07, 6.45) is 0. The first-order chi connectivity index (χ1) is 7.47. The zero-order valence-electron chi connectivity index (χ0n) is 9.47. The quantitative estimate of drug-likeness (QED) is 0.635. The summed E-state index contributed by atoms with van der Waals surface area (Å²) in [5.41, 5.74) is 12.3. The maximum absolute atomic E-state index is 11.1. The molecule has 0 aliphatic rings. The van der Waals surface area contributed by atoms with Crippen LogP contribution in [0.2, 0.25) is 0 Å². The van der Waals surface area contributed by atoms with Crippen molar-refractivity contribution in [1.82, 2.24) is 0 Å². The molecule has 0 aliphatic carbocycles. The highest BCUT2D eigenvalue weighted by Crippen LogP contribution is 2.21. The number of nitrogens with zero attached hydrogens (tertiary/aromatic N) is 1. The summed E-state index contributed by atoms with van der Waals surface area (Å²) in [4.78, 5) is 13.0. The fourth-order valence-electron chi connectivity index (χ4n) is 1.35. The van der Waals surface area contributed by atoms with Crippen LogP contribution in [0.15, 0.2) is 18.2 Å². The Hall–Kier alpha value is -1.75. The Bertz CT molecular complexity index is 393. The molecule has 0 saturated carbocycles. The van der Waals surface area contributed by atoms with Crippen molar-refractivity contribution >= 4 is 17.3 Å². The van der Waals surface area contributed by atoms with Crippen LogP contribution in [-0.2, 0) is 0 Å². The van der Waals surface area contributed by atoms with E-state index in [-0.39, 0.29) is 12.6 Å². The highest BCUT2D eigenvalue weighted by molar-refractivity contribution is 5.99. The Morgan fingerprint density at radius 3 is 2.69 bits per heavy atom. The van der Waals surface area contributed by atoms with Gasteiger partial charge in [0.25, 0.3) is 5.91 Å². The van der Waals surface area contributed by atoms with Crippen LogP contribution in [0, 0.1) is 0 Å². The van der Waals surface area contributed by atoms with Gasteiger partial charge in [0.2, 0.25) is 0 Å². The molecule has 0 radical (unpaired) electrons. The number of hydrogen-bond donors (Lipinski definition) is 3. The molecule has 5 heteroatoms. The highest BCUT2D eigenvalue weighted by atomic mass is 16.3. The van der Waals surface area contributed by atoms with E-state index < -0.39 is 5.91 Å². The number of hydrogen-bond acceptors (Lipinski definition) is 4. The van der Waals surface area contributed by atoms with Crippen molar-refractivity contribution in [2.45, 2.75) is 13.0 Å². The smallest absolute Gasteiger partial charge is 0.250 e. The zero-order chi connectivity index (χ0) is 12.3. The summed E-state index contributed by atoms with van der Waals surface area (Å²) in [5.74, 6) is -0.551. The van der Waals surface area contributed by atoms with Crippen molar-refractivity contribution in [2.75, 3.05) is 24.3 Å². The van der Waals surface area contributed by atoms with Gasteiger partial charge in [-0.25, -0.2) is 0 Å². The lowest BCUT2D eigenvalue weighted by Crippen LogP contribution is -2.32. The third kappa shape index (κ3) is 2.43. The van der Waals surface area contributed by atoms with Gasteiger partial charge in [-0.1, -0.05) is 0 Å². The lowest BCUT2D eigenvalue weighted by Gasteiger charge is -2.25. The monoisotopic (exact) mass is 223 g/mol. The Balaban J connectivity index is 3.07. The number of nitrogen functional groups attached to an aromatic ring is 1. The lowest BCUT2D eigenvalue weighted by molar-refractivity contribution is 0.100. The predicted molar refractivity (Wildman–Crippen MR) is 64.3 cm³/mol. The molecule has 0 aliphatic heterocycles. The highest BCUT2D eigenvalue weighted by Gasteiger charge is 2.12. The van der Waals surface area contributed by atoms with Crippen LogP contribution in [0.25, 0.3) is 0 Å². The molecule has 1 aromatic rings. The van der Waals surface area contributed by atoms with Crippen molar-refractivity contribution in [1.29, 1.82) is 0 Å². The number of anilines is 2. The molecular weight excluding hydrogens is 206 g/mol. The number of primary amides is 1. The minimum absolute atomic E-state index is 0.0345. The van der Waals surface area contributed by atoms with Crippen LogP contribution in [0.5, 0.6) is 0 Å². The van der Waals surface area contributed by atoms with Crippen LogP contribution in [0.4, 0.5) is 11.4 Å². The lowest BCUT2D eigenvalue weighted by atomic mass is 10.1. The SMILES string of the molecule is CC(CO)N(C)c1ccc(N)c(C(N)=O)c1. The summed E-state index contributed by atoms with van der Waals surface area (Å²) >= 11 is 0. The second kappa shape index (κ2) is 4.85. The maximum atomic E-state index is 11.1. The number of amides is 1. The number of rotatable bonds is 4. The first-order valence-corrected chi connectivity index (χ1v) is 5.00. The average molecular weight is 223 g/mol. The van der Waals surface area contributed by atoms with Gasteiger partial charge in [-0.2, -0.15) is 0 Å². The molecular formula is C11H17N3O2. The van der Waals surface area contributed by atoms with Gasteiger partial charge in [-0.05, 0) is 25.1 Å². The topological polar surface area (TPSA) is 92.6 Å². The Labute approximate surface area is 94.7 Å². The zero-order valence-corrected chi connectivity index (χ0v) is 9.47. The molecule has 1 amide bonds. The molecule has 1 atom stereocenters. The van der Waals surface area contributed by atoms with Gasteiger partial charge < -0.3 is 21.5 Å². The third-order valence-electron chi connectivity index (χ3n) is 2.63. The molecule has 16 heavy (non-hydrogen) atoms. The molecule has 5 N–H and O–H groups in total. The van der Waals surface area contributed by atoms with Crippen molar-refractivity contribution in [3.63, 3.8) is 0 Å². The number of aliphatic hydroxyl groups is 1. The molecule has 0 heterocycles. The third-order valence-corrected chi connectivity index (χ3v) is 2.63. The molecule has 5 nitrogen and oxygen atoms in total. The van der Waals surface area contributed by atoms with E-state index in [1.54, 1.807) is 18.2 Å². The van der Waals surface area contributed by atoms with Gasteiger partial charge in [0.1, 0.15) is 0 Å². The van der Waals surface area contributed by atoms with Crippen molar-refractivity contribution in [3.05, 3.63) is 23.8 Å². The number of aliphatic hydroxyl groups excluding tert-OH is 1. The van der Waals surface area contributed by atoms with Crippen molar-refractivity contribution in [2.24, 2.45) is 5.73 Å². The second-order valence-electron chi connectivity index (χ2n) is 3.78. The van der Waals surface area contributed by atoms with Gasteiger partial charge in [0.05, 0.1) is 12.2 Å². The standard InChI is InChI=1S/C11H17N3O2/c1-7(6-15)14(2)8-3-4-10(12)9(5-8)11(13)16/h3-5,7,15H,6,12H2,1-2H3,(H2,13,16). The Morgan fingerprint density at radius 2 is 2.19 bits per heavy atom. The molecule has 1 rings (SSSR count). The van der Waals surface area contributed by atoms with Gasteiger partial charge in [-0.15, -0.1) is 0 Å². The van der Waals surface area contributed by atoms with Crippen LogP contribution in [0.1, 0.15) is 17.3 Å². The molecule has 0 spiro atoms. The molecule has 0 aromatic heterocycles. The fourth-order valence-corrected chi connectivity index (χ4v) is 1.35. The predicted octanol–water partition coefficient (Wildman–Crippen LogP) is 0.185. The fraction of sp³-hybridized carbons (Fsp3) is 0.364. The maximum Gasteiger partial charge on any atom is 0.250 e. The van der Waals surface area contributed by atoms with E-state index in [1.165, 1.54) is 0 Å². The molecule has 0 saturated heterocycles. The van der Waals surface area contributed by atoms with E-state index in [9.17, 15) is 4.79 Å². The number of nitrogens with two attached hydrogens (primary N) is 2. The first-order valence-electron chi connectivity index (χ1n) is 5.00. The number of likely N-dealkylation sites (N-methyl/N-ethyl adjacent to an activating group) is 1. The van der Waals surface area contributed by atoms with Gasteiger partial charge in [0, 0.05) is 24.5 Å². The molecule has 0 bridgehead atoms. The largest absolute Gasteiger partial charge is 0.398 e. The van der Waals surface area contributed by atoms with Gasteiger partial charge in [0.15, 0.2) is 0 Å². The number of benzene rings is 1. The van der Waals surface area contributed by atoms with E-state index in [0.29, 0.717) is 11.3 Å². The summed E-state index contributed by atoms with van der Waals surface area (Å²) in [5, 5.41) is 9.04. The normalized spacial score (nSPS) is 12.2. The average Bonchev–Trinajstić information content (AvgIpc) is 2.27. The summed E-state index contributed by atoms with van der Waals surface area (Å²) < 4.78 is 0. The van der Waals surface area contributed by atoms with E-state index >= 15 is 0 Å². The number of carbonyl (C=O) groups excluding carboxylic acids is 1. The molecule has 1 unspecified atom stereocenters. The van der Waals surface area contributed by atoms with E-state index in [4.69, 9.17) is 16.6 Å². The molecule has 0 fully saturated rings. The van der Waals surface area contributed by atoms with Crippen molar-refractivity contribution in [3.8, 4) is 0 Å². The van der Waals surface area contributed by atoms with Crippen LogP contribution in [-0.4, -0.2) is 30.7 Å². The van der Waals surface area contributed by atoms with E-state index in [0.717, 1.165) is 5.69 Å². The Morgan fingerprint density at radius 1 is 1.56 bits per heavy atom. The summed E-state index contributed by atoms with van der Waals surface area (Å²) in [6.45, 7) is 1.91. The van der Waals surface area contributed by atoms with Crippen LogP contribution >= 0.6 is 0 Å². The van der Waals surface area contributed by atoms with Crippen molar-refractivity contribution < 1.29 is 9.90 Å². The molecule has 88 valence electrons. The van der Waals surface area contributed by atoms with E-state index in [1.807, 2.05) is 18.9 Å². The summed E-state index contributed by atoms with van der Waals surface area (Å²) in [7, 11) is 1.83. The summed E-state index contributed by atoms with van der Waals surface area (Å²) in [6, 6.07) is 5.01. The van der Waals surface area contributed by atoms with Gasteiger partial charge >= 0.3 is 0 Å². The van der Waals surface area contributed by atoms with Crippen LogP contribution < -0.4 is 16.4 Å². The number of carbonyl (C=O) groups is 1. The van der Waals surface area contributed by atoms with Crippen LogP contribution in [0.3, 0.4) is 0 Å².